The van der Waals surface area contributed by atoms with Crippen molar-refractivity contribution >= 4 is 17.6 Å². The molecule has 0 aliphatic carbocycles. The van der Waals surface area contributed by atoms with Crippen molar-refractivity contribution in [2.24, 2.45) is 0 Å². The van der Waals surface area contributed by atoms with Crippen LogP contribution in [-0.2, 0) is 16.0 Å². The van der Waals surface area contributed by atoms with E-state index in [1.807, 2.05) is 25.1 Å². The zero-order valence-corrected chi connectivity index (χ0v) is 8.93. The summed E-state index contributed by atoms with van der Waals surface area (Å²) in [5, 5.41) is 11.0. The van der Waals surface area contributed by atoms with E-state index in [1.165, 1.54) is 0 Å². The van der Waals surface area contributed by atoms with Crippen molar-refractivity contribution in [3.8, 4) is 0 Å². The zero-order chi connectivity index (χ0) is 12.0. The van der Waals surface area contributed by atoms with Gasteiger partial charge in [-0.2, -0.15) is 0 Å². The maximum absolute atomic E-state index is 11.3. The zero-order valence-electron chi connectivity index (χ0n) is 8.93. The lowest BCUT2D eigenvalue weighted by molar-refractivity contribution is -0.131. The first-order valence-corrected chi connectivity index (χ1v) is 4.93. The number of carboxylic acids is 1. The molecule has 16 heavy (non-hydrogen) atoms. The molecule has 1 amide bonds. The van der Waals surface area contributed by atoms with Crippen LogP contribution >= 0.6 is 0 Å². The highest BCUT2D eigenvalue weighted by molar-refractivity contribution is 6.02. The quantitative estimate of drug-likeness (QED) is 0.759. The van der Waals surface area contributed by atoms with E-state index in [4.69, 9.17) is 5.11 Å². The Kier molecular flexibility index (Phi) is 4.27. The van der Waals surface area contributed by atoms with Crippen molar-refractivity contribution in [2.45, 2.75) is 13.3 Å². The van der Waals surface area contributed by atoms with Gasteiger partial charge in [0.05, 0.1) is 0 Å². The summed E-state index contributed by atoms with van der Waals surface area (Å²) >= 11 is 0. The van der Waals surface area contributed by atoms with Crippen LogP contribution in [0.1, 0.15) is 12.5 Å². The Labute approximate surface area is 93.6 Å². The van der Waals surface area contributed by atoms with Gasteiger partial charge in [0, 0.05) is 17.8 Å². The van der Waals surface area contributed by atoms with Gasteiger partial charge in [-0.05, 0) is 18.1 Å². The minimum atomic E-state index is -1.14. The van der Waals surface area contributed by atoms with Crippen LogP contribution in [0.4, 0.5) is 5.69 Å². The fraction of sp³-hybridized carbons (Fsp3) is 0.167. The van der Waals surface area contributed by atoms with E-state index in [9.17, 15) is 9.59 Å². The number of nitrogens with one attached hydrogen (secondary N) is 1. The van der Waals surface area contributed by atoms with Crippen molar-refractivity contribution in [2.75, 3.05) is 5.32 Å². The number of carboxylic acid groups (broad SMARTS) is 1. The fourth-order valence-corrected chi connectivity index (χ4v) is 1.27. The van der Waals surface area contributed by atoms with Gasteiger partial charge in [-0.1, -0.05) is 25.1 Å². The normalized spacial score (nSPS) is 10.3. The monoisotopic (exact) mass is 219 g/mol. The number of anilines is 1. The van der Waals surface area contributed by atoms with Crippen LogP contribution in [0.5, 0.6) is 0 Å². The van der Waals surface area contributed by atoms with Gasteiger partial charge < -0.3 is 10.4 Å². The molecule has 1 aromatic carbocycles. The molecule has 0 heterocycles. The molecule has 0 saturated heterocycles. The highest BCUT2D eigenvalue weighted by Gasteiger charge is 2.02. The molecule has 4 nitrogen and oxygen atoms in total. The summed E-state index contributed by atoms with van der Waals surface area (Å²) < 4.78 is 0. The minimum Gasteiger partial charge on any atom is -0.478 e. The number of hydrogen-bond acceptors (Lipinski definition) is 2. The molecule has 1 rings (SSSR count). The molecule has 0 aromatic heterocycles. The van der Waals surface area contributed by atoms with Crippen LogP contribution < -0.4 is 5.32 Å². The molecule has 0 fully saturated rings. The fourth-order valence-electron chi connectivity index (χ4n) is 1.27. The number of carbonyl (C=O) groups excluding carboxylic acids is 1. The Morgan fingerprint density at radius 2 is 2.00 bits per heavy atom. The van der Waals surface area contributed by atoms with E-state index >= 15 is 0 Å². The average Bonchev–Trinajstić information content (AvgIpc) is 2.27. The second-order valence-corrected chi connectivity index (χ2v) is 3.17. The topological polar surface area (TPSA) is 66.4 Å². The molecule has 0 aliphatic rings. The van der Waals surface area contributed by atoms with E-state index in [0.717, 1.165) is 24.1 Å². The summed E-state index contributed by atoms with van der Waals surface area (Å²) in [5.74, 6) is -1.58. The van der Waals surface area contributed by atoms with Crippen molar-refractivity contribution in [1.29, 1.82) is 0 Å². The summed E-state index contributed by atoms with van der Waals surface area (Å²) in [6.45, 7) is 1.98. The number of amides is 1. The molecular weight excluding hydrogens is 206 g/mol. The van der Waals surface area contributed by atoms with Crippen molar-refractivity contribution in [1.82, 2.24) is 0 Å². The summed E-state index contributed by atoms with van der Waals surface area (Å²) in [7, 11) is 0. The van der Waals surface area contributed by atoms with Crippen molar-refractivity contribution in [3.05, 3.63) is 42.0 Å². The van der Waals surface area contributed by atoms with E-state index in [0.29, 0.717) is 5.69 Å². The maximum atomic E-state index is 11.3. The van der Waals surface area contributed by atoms with Gasteiger partial charge in [0.25, 0.3) is 0 Å². The number of carbonyl (C=O) groups is 2. The molecule has 2 N–H and O–H groups in total. The Hall–Kier alpha value is -2.10. The standard InChI is InChI=1S/C12H13NO3/c1-2-9-5-3-4-6-10(9)13-11(14)7-8-12(15)16/h3-8H,2H2,1H3,(H,13,14)(H,15,16)/b8-7-. The number of aryl methyl sites for hydroxylation is 1. The van der Waals surface area contributed by atoms with Gasteiger partial charge in [0.1, 0.15) is 0 Å². The third-order valence-electron chi connectivity index (χ3n) is 2.03. The van der Waals surface area contributed by atoms with Crippen LogP contribution in [0, 0.1) is 0 Å². The first kappa shape index (κ1) is 12.0. The second kappa shape index (κ2) is 5.70. The SMILES string of the molecule is CCc1ccccc1NC(=O)/C=C\C(=O)O. The maximum Gasteiger partial charge on any atom is 0.328 e. The summed E-state index contributed by atoms with van der Waals surface area (Å²) in [6, 6.07) is 7.40. The van der Waals surface area contributed by atoms with E-state index in [1.54, 1.807) is 6.07 Å². The summed E-state index contributed by atoms with van der Waals surface area (Å²) in [6.07, 6.45) is 2.61. The van der Waals surface area contributed by atoms with Gasteiger partial charge in [-0.15, -0.1) is 0 Å². The Morgan fingerprint density at radius 1 is 1.31 bits per heavy atom. The van der Waals surface area contributed by atoms with Crippen LogP contribution in [0.15, 0.2) is 36.4 Å². The van der Waals surface area contributed by atoms with Gasteiger partial charge in [0.2, 0.25) is 5.91 Å². The van der Waals surface area contributed by atoms with Crippen LogP contribution in [0.3, 0.4) is 0 Å². The molecule has 0 spiro atoms. The summed E-state index contributed by atoms with van der Waals surface area (Å²) in [4.78, 5) is 21.5. The predicted octanol–water partition coefficient (Wildman–Crippen LogP) is 1.83. The van der Waals surface area contributed by atoms with Gasteiger partial charge in [-0.3, -0.25) is 4.79 Å². The molecule has 0 atom stereocenters. The number of hydrogen-bond donors (Lipinski definition) is 2. The number of benzene rings is 1. The lowest BCUT2D eigenvalue weighted by Gasteiger charge is -2.07. The van der Waals surface area contributed by atoms with E-state index in [2.05, 4.69) is 5.32 Å². The largest absolute Gasteiger partial charge is 0.478 e. The predicted molar refractivity (Wildman–Crippen MR) is 61.2 cm³/mol. The highest BCUT2D eigenvalue weighted by atomic mass is 16.4. The molecule has 4 heteroatoms. The van der Waals surface area contributed by atoms with Gasteiger partial charge in [-0.25, -0.2) is 4.79 Å². The Bertz CT molecular complexity index is 424. The molecule has 0 saturated carbocycles. The van der Waals surface area contributed by atoms with Gasteiger partial charge in [0.15, 0.2) is 0 Å². The molecule has 0 radical (unpaired) electrons. The molecule has 0 bridgehead atoms. The van der Waals surface area contributed by atoms with Crippen LogP contribution in [-0.4, -0.2) is 17.0 Å². The molecule has 0 unspecified atom stereocenters. The van der Waals surface area contributed by atoms with Crippen molar-refractivity contribution < 1.29 is 14.7 Å². The lowest BCUT2D eigenvalue weighted by atomic mass is 10.1. The van der Waals surface area contributed by atoms with Crippen LogP contribution in [0.25, 0.3) is 0 Å². The third kappa shape index (κ3) is 3.57. The van der Waals surface area contributed by atoms with Crippen LogP contribution in [0.2, 0.25) is 0 Å². The smallest absolute Gasteiger partial charge is 0.328 e. The molecule has 84 valence electrons. The molecule has 1 aromatic rings. The number of aliphatic carboxylic acids is 1. The number of para-hydroxylation sites is 1. The minimum absolute atomic E-state index is 0.441. The molecule has 0 aliphatic heterocycles. The van der Waals surface area contributed by atoms with E-state index < -0.39 is 11.9 Å². The van der Waals surface area contributed by atoms with E-state index in [-0.39, 0.29) is 0 Å². The Balaban J connectivity index is 2.73. The molecular formula is C12H13NO3. The first-order valence-electron chi connectivity index (χ1n) is 4.93. The number of rotatable bonds is 4. The average molecular weight is 219 g/mol. The summed E-state index contributed by atoms with van der Waals surface area (Å²) in [5.41, 5.74) is 1.73. The third-order valence-corrected chi connectivity index (χ3v) is 2.03. The lowest BCUT2D eigenvalue weighted by Crippen LogP contribution is -2.10. The highest BCUT2D eigenvalue weighted by Crippen LogP contribution is 2.15. The first-order chi connectivity index (χ1) is 7.63. The Morgan fingerprint density at radius 3 is 2.62 bits per heavy atom. The van der Waals surface area contributed by atoms with Gasteiger partial charge >= 0.3 is 5.97 Å². The second-order valence-electron chi connectivity index (χ2n) is 3.17. The van der Waals surface area contributed by atoms with Crippen molar-refractivity contribution in [3.63, 3.8) is 0 Å².